The number of phenols is 1. The zero-order valence-corrected chi connectivity index (χ0v) is 7.84. The molecule has 4 heteroatoms. The van der Waals surface area contributed by atoms with Gasteiger partial charge in [0.05, 0.1) is 11.9 Å². The van der Waals surface area contributed by atoms with E-state index in [0.29, 0.717) is 11.1 Å². The molecular weight excluding hydrogens is 194 g/mol. The van der Waals surface area contributed by atoms with Crippen molar-refractivity contribution in [1.82, 2.24) is 4.98 Å². The van der Waals surface area contributed by atoms with Crippen molar-refractivity contribution in [3.8, 4) is 5.75 Å². The Morgan fingerprint density at radius 1 is 1.40 bits per heavy atom. The normalized spacial score (nSPS) is 10.4. The number of carboxylic acid groups (broad SMARTS) is 1. The molecule has 0 aliphatic heterocycles. The van der Waals surface area contributed by atoms with Crippen molar-refractivity contribution in [2.75, 3.05) is 0 Å². The predicted molar refractivity (Wildman–Crippen MR) is 54.7 cm³/mol. The number of fused-ring (bicyclic) bond motifs is 1. The number of aromatic hydroxyl groups is 1. The van der Waals surface area contributed by atoms with Crippen molar-refractivity contribution in [2.24, 2.45) is 0 Å². The largest absolute Gasteiger partial charge is 0.508 e. The van der Waals surface area contributed by atoms with E-state index in [9.17, 15) is 9.90 Å². The van der Waals surface area contributed by atoms with E-state index < -0.39 is 5.97 Å². The lowest BCUT2D eigenvalue weighted by Crippen LogP contribution is -2.01. The molecule has 0 saturated carbocycles. The fourth-order valence-electron chi connectivity index (χ4n) is 1.55. The molecule has 2 N–H and O–H groups in total. The number of carboxylic acids is 1. The third-order valence-electron chi connectivity index (χ3n) is 2.11. The SMILES string of the molecule is O=C(O)Cc1cc(O)cc2cccnc12. The van der Waals surface area contributed by atoms with Crippen LogP contribution in [0.3, 0.4) is 0 Å². The molecule has 15 heavy (non-hydrogen) atoms. The number of nitrogens with zero attached hydrogens (tertiary/aromatic N) is 1. The average Bonchev–Trinajstić information content (AvgIpc) is 2.16. The summed E-state index contributed by atoms with van der Waals surface area (Å²) in [5, 5.41) is 18.9. The summed E-state index contributed by atoms with van der Waals surface area (Å²) in [7, 11) is 0. The molecule has 4 nitrogen and oxygen atoms in total. The maximum atomic E-state index is 10.6. The van der Waals surface area contributed by atoms with E-state index in [4.69, 9.17) is 5.11 Å². The molecule has 0 bridgehead atoms. The molecule has 0 amide bonds. The number of aliphatic carboxylic acids is 1. The minimum absolute atomic E-state index is 0.0618. The van der Waals surface area contributed by atoms with Gasteiger partial charge in [-0.1, -0.05) is 6.07 Å². The first kappa shape index (κ1) is 9.45. The standard InChI is InChI=1S/C11H9NO3/c13-9-4-7-2-1-3-12-11(7)8(5-9)6-10(14)15/h1-5,13H,6H2,(H,14,15). The number of aromatic nitrogens is 1. The first-order valence-corrected chi connectivity index (χ1v) is 4.45. The molecule has 1 aromatic carbocycles. The number of phenolic OH excluding ortho intramolecular Hbond substituents is 1. The van der Waals surface area contributed by atoms with Gasteiger partial charge in [0.2, 0.25) is 0 Å². The second kappa shape index (κ2) is 3.57. The fourth-order valence-corrected chi connectivity index (χ4v) is 1.55. The van der Waals surface area contributed by atoms with Gasteiger partial charge in [0.15, 0.2) is 0 Å². The van der Waals surface area contributed by atoms with Gasteiger partial charge in [0.25, 0.3) is 0 Å². The van der Waals surface area contributed by atoms with Crippen molar-refractivity contribution in [1.29, 1.82) is 0 Å². The van der Waals surface area contributed by atoms with Crippen LogP contribution in [0, 0.1) is 0 Å². The van der Waals surface area contributed by atoms with Crippen molar-refractivity contribution in [3.05, 3.63) is 36.0 Å². The Bertz CT molecular complexity index is 522. The van der Waals surface area contributed by atoms with Gasteiger partial charge in [-0.25, -0.2) is 0 Å². The van der Waals surface area contributed by atoms with Crippen LogP contribution in [-0.4, -0.2) is 21.2 Å². The number of carbonyl (C=O) groups is 1. The van der Waals surface area contributed by atoms with Gasteiger partial charge >= 0.3 is 5.97 Å². The summed E-state index contributed by atoms with van der Waals surface area (Å²) in [6.45, 7) is 0. The van der Waals surface area contributed by atoms with Crippen molar-refractivity contribution < 1.29 is 15.0 Å². The molecule has 0 atom stereocenters. The number of hydrogen-bond donors (Lipinski definition) is 2. The summed E-state index contributed by atoms with van der Waals surface area (Å²) in [5.74, 6) is -0.876. The van der Waals surface area contributed by atoms with Crippen molar-refractivity contribution >= 4 is 16.9 Å². The highest BCUT2D eigenvalue weighted by Crippen LogP contribution is 2.23. The lowest BCUT2D eigenvalue weighted by molar-refractivity contribution is -0.136. The zero-order valence-electron chi connectivity index (χ0n) is 7.84. The molecule has 1 heterocycles. The van der Waals surface area contributed by atoms with E-state index >= 15 is 0 Å². The molecular formula is C11H9NO3. The minimum atomic E-state index is -0.937. The van der Waals surface area contributed by atoms with Crippen LogP contribution in [0.25, 0.3) is 10.9 Å². The Hall–Kier alpha value is -2.10. The van der Waals surface area contributed by atoms with Gasteiger partial charge in [-0.15, -0.1) is 0 Å². The summed E-state index contributed by atoms with van der Waals surface area (Å²) in [5.41, 5.74) is 1.15. The van der Waals surface area contributed by atoms with Crippen molar-refractivity contribution in [2.45, 2.75) is 6.42 Å². The molecule has 0 saturated heterocycles. The van der Waals surface area contributed by atoms with E-state index in [1.807, 2.05) is 0 Å². The number of benzene rings is 1. The number of rotatable bonds is 2. The van der Waals surface area contributed by atoms with Gasteiger partial charge in [0.1, 0.15) is 5.75 Å². The monoisotopic (exact) mass is 203 g/mol. The second-order valence-electron chi connectivity index (χ2n) is 3.25. The lowest BCUT2D eigenvalue weighted by Gasteiger charge is -2.04. The molecule has 76 valence electrons. The van der Waals surface area contributed by atoms with Crippen molar-refractivity contribution in [3.63, 3.8) is 0 Å². The summed E-state index contributed by atoms with van der Waals surface area (Å²) in [4.78, 5) is 14.7. The van der Waals surface area contributed by atoms with Crippen LogP contribution in [0.1, 0.15) is 5.56 Å². The molecule has 2 rings (SSSR count). The molecule has 0 radical (unpaired) electrons. The molecule has 2 aromatic rings. The summed E-state index contributed by atoms with van der Waals surface area (Å²) in [6, 6.07) is 6.52. The van der Waals surface area contributed by atoms with E-state index in [2.05, 4.69) is 4.98 Å². The smallest absolute Gasteiger partial charge is 0.307 e. The van der Waals surface area contributed by atoms with Gasteiger partial charge in [-0.05, 0) is 23.8 Å². The summed E-state index contributed by atoms with van der Waals surface area (Å²) in [6.07, 6.45) is 1.46. The summed E-state index contributed by atoms with van der Waals surface area (Å²) >= 11 is 0. The summed E-state index contributed by atoms with van der Waals surface area (Å²) < 4.78 is 0. The Kier molecular flexibility index (Phi) is 2.25. The van der Waals surface area contributed by atoms with Crippen LogP contribution in [0.4, 0.5) is 0 Å². The van der Waals surface area contributed by atoms with Crippen LogP contribution in [0.5, 0.6) is 5.75 Å². The van der Waals surface area contributed by atoms with E-state index in [-0.39, 0.29) is 12.2 Å². The number of hydrogen-bond acceptors (Lipinski definition) is 3. The Morgan fingerprint density at radius 2 is 2.20 bits per heavy atom. The maximum Gasteiger partial charge on any atom is 0.307 e. The van der Waals surface area contributed by atoms with Crippen LogP contribution < -0.4 is 0 Å². The van der Waals surface area contributed by atoms with Crippen LogP contribution in [0.15, 0.2) is 30.5 Å². The molecule has 0 aliphatic rings. The molecule has 0 fully saturated rings. The Balaban J connectivity index is 2.65. The number of pyridine rings is 1. The van der Waals surface area contributed by atoms with Crippen LogP contribution in [0.2, 0.25) is 0 Å². The lowest BCUT2D eigenvalue weighted by atomic mass is 10.1. The highest BCUT2D eigenvalue weighted by molar-refractivity contribution is 5.86. The van der Waals surface area contributed by atoms with Gasteiger partial charge in [0, 0.05) is 11.6 Å². The molecule has 1 aromatic heterocycles. The quantitative estimate of drug-likeness (QED) is 0.777. The van der Waals surface area contributed by atoms with E-state index in [0.717, 1.165) is 5.39 Å². The van der Waals surface area contributed by atoms with Gasteiger partial charge < -0.3 is 10.2 Å². The highest BCUT2D eigenvalue weighted by atomic mass is 16.4. The Morgan fingerprint density at radius 3 is 2.93 bits per heavy atom. The zero-order chi connectivity index (χ0) is 10.8. The van der Waals surface area contributed by atoms with Gasteiger partial charge in [-0.3, -0.25) is 9.78 Å². The van der Waals surface area contributed by atoms with Crippen LogP contribution >= 0.6 is 0 Å². The maximum absolute atomic E-state index is 10.6. The average molecular weight is 203 g/mol. The third-order valence-corrected chi connectivity index (χ3v) is 2.11. The molecule has 0 aliphatic carbocycles. The van der Waals surface area contributed by atoms with E-state index in [1.165, 1.54) is 6.07 Å². The fraction of sp³-hybridized carbons (Fsp3) is 0.0909. The minimum Gasteiger partial charge on any atom is -0.508 e. The highest BCUT2D eigenvalue weighted by Gasteiger charge is 2.08. The first-order valence-electron chi connectivity index (χ1n) is 4.45. The topological polar surface area (TPSA) is 70.4 Å². The molecule has 0 spiro atoms. The first-order chi connectivity index (χ1) is 7.16. The van der Waals surface area contributed by atoms with E-state index in [1.54, 1.807) is 24.4 Å². The molecule has 0 unspecified atom stereocenters. The third kappa shape index (κ3) is 1.88. The Labute approximate surface area is 85.8 Å². The second-order valence-corrected chi connectivity index (χ2v) is 3.25. The van der Waals surface area contributed by atoms with Gasteiger partial charge in [-0.2, -0.15) is 0 Å². The predicted octanol–water partition coefficient (Wildman–Crippen LogP) is 1.57. The van der Waals surface area contributed by atoms with Crippen LogP contribution in [-0.2, 0) is 11.2 Å².